The van der Waals surface area contributed by atoms with Crippen molar-refractivity contribution in [2.75, 3.05) is 6.61 Å². The van der Waals surface area contributed by atoms with Crippen LogP contribution in [-0.4, -0.2) is 15.0 Å². The van der Waals surface area contributed by atoms with Crippen molar-refractivity contribution >= 4 is 10.1 Å². The number of unbranched alkanes of at least 4 members (excludes halogenated alkanes) is 2. The summed E-state index contributed by atoms with van der Waals surface area (Å²) in [6, 6.07) is 0. The fourth-order valence-corrected chi connectivity index (χ4v) is 1.66. The molecule has 0 unspecified atom stereocenters. The van der Waals surface area contributed by atoms with E-state index in [2.05, 4.69) is 17.2 Å². The van der Waals surface area contributed by atoms with E-state index in [-0.39, 0.29) is 6.61 Å². The van der Waals surface area contributed by atoms with E-state index < -0.39 is 10.1 Å². The summed E-state index contributed by atoms with van der Waals surface area (Å²) in [4.78, 5) is 0. The molecule has 0 fully saturated rings. The van der Waals surface area contributed by atoms with Crippen LogP contribution in [0, 0.1) is 0 Å². The Morgan fingerprint density at radius 3 is 2.38 bits per heavy atom. The van der Waals surface area contributed by atoms with E-state index in [1.165, 1.54) is 18.9 Å². The van der Waals surface area contributed by atoms with Gasteiger partial charge in [0, 0.05) is 0 Å². The summed E-state index contributed by atoms with van der Waals surface area (Å²) in [5, 5.41) is 1.05. The first-order valence-electron chi connectivity index (χ1n) is 5.51. The maximum Gasteiger partial charge on any atom is 0.290 e. The highest BCUT2D eigenvalue weighted by Gasteiger charge is 2.01. The Balaban J connectivity index is 3.91. The fourth-order valence-electron chi connectivity index (χ4n) is 0.970. The van der Waals surface area contributed by atoms with Crippen LogP contribution in [0.25, 0.3) is 0 Å². The van der Waals surface area contributed by atoms with Crippen molar-refractivity contribution in [1.29, 1.82) is 0 Å². The Hall–Kier alpha value is -0.870. The first-order valence-corrected chi connectivity index (χ1v) is 6.98. The maximum absolute atomic E-state index is 11.0. The zero-order chi connectivity index (χ0) is 12.3. The second kappa shape index (κ2) is 9.36. The van der Waals surface area contributed by atoms with Gasteiger partial charge in [0.15, 0.2) is 0 Å². The quantitative estimate of drug-likeness (QED) is 0.374. The van der Waals surface area contributed by atoms with E-state index in [4.69, 9.17) is 0 Å². The van der Waals surface area contributed by atoms with Crippen LogP contribution in [0.3, 0.4) is 0 Å². The van der Waals surface area contributed by atoms with E-state index >= 15 is 0 Å². The molecule has 0 saturated heterocycles. The molecule has 0 atom stereocenters. The molecule has 0 aromatic carbocycles. The highest BCUT2D eigenvalue weighted by Crippen LogP contribution is 1.96. The molecular weight excluding hydrogens is 224 g/mol. The normalized spacial score (nSPS) is 13.4. The average Bonchev–Trinajstić information content (AvgIpc) is 2.22. The maximum atomic E-state index is 11.0. The van der Waals surface area contributed by atoms with Crippen molar-refractivity contribution in [2.45, 2.75) is 33.1 Å². The monoisotopic (exact) mass is 244 g/mol. The second-order valence-electron chi connectivity index (χ2n) is 3.18. The van der Waals surface area contributed by atoms with E-state index in [1.54, 1.807) is 19.1 Å². The lowest BCUT2D eigenvalue weighted by Gasteiger charge is -1.93. The molecule has 0 aliphatic rings. The molecule has 16 heavy (non-hydrogen) atoms. The van der Waals surface area contributed by atoms with Gasteiger partial charge in [0.1, 0.15) is 0 Å². The molecule has 0 saturated carbocycles. The summed E-state index contributed by atoms with van der Waals surface area (Å²) in [6.07, 6.45) is 12.3. The molecule has 0 bridgehead atoms. The SMILES string of the molecule is CCCCC=CC=CC=CS(=O)(=O)OCC. The first-order chi connectivity index (χ1) is 7.62. The van der Waals surface area contributed by atoms with Crippen LogP contribution >= 0.6 is 0 Å². The average molecular weight is 244 g/mol. The smallest absolute Gasteiger partial charge is 0.267 e. The zero-order valence-corrected chi connectivity index (χ0v) is 10.7. The minimum absolute atomic E-state index is 0.160. The third kappa shape index (κ3) is 9.68. The largest absolute Gasteiger partial charge is 0.290 e. The van der Waals surface area contributed by atoms with Crippen molar-refractivity contribution in [1.82, 2.24) is 0 Å². The summed E-state index contributed by atoms with van der Waals surface area (Å²) in [6.45, 7) is 3.94. The molecule has 0 aromatic heterocycles. The molecule has 0 spiro atoms. The Bertz CT molecular complexity index is 337. The van der Waals surface area contributed by atoms with Crippen LogP contribution in [0.5, 0.6) is 0 Å². The molecule has 0 aliphatic heterocycles. The predicted octanol–water partition coefficient (Wildman–Crippen LogP) is 3.17. The highest BCUT2D eigenvalue weighted by molar-refractivity contribution is 7.89. The van der Waals surface area contributed by atoms with Gasteiger partial charge in [0.2, 0.25) is 0 Å². The van der Waals surface area contributed by atoms with Crippen LogP contribution in [-0.2, 0) is 14.3 Å². The zero-order valence-electron chi connectivity index (χ0n) is 9.93. The molecule has 4 heteroatoms. The molecule has 0 radical (unpaired) electrons. The van der Waals surface area contributed by atoms with Gasteiger partial charge in [-0.1, -0.05) is 44.1 Å². The van der Waals surface area contributed by atoms with Gasteiger partial charge in [-0.25, -0.2) is 0 Å². The Labute approximate surface area is 98.6 Å². The summed E-state index contributed by atoms with van der Waals surface area (Å²) >= 11 is 0. The third-order valence-electron chi connectivity index (χ3n) is 1.72. The molecule has 0 heterocycles. The minimum Gasteiger partial charge on any atom is -0.267 e. The van der Waals surface area contributed by atoms with E-state index in [0.717, 1.165) is 11.8 Å². The fraction of sp³-hybridized carbons (Fsp3) is 0.500. The molecule has 0 aliphatic carbocycles. The van der Waals surface area contributed by atoms with Gasteiger partial charge in [-0.15, -0.1) is 0 Å². The topological polar surface area (TPSA) is 43.4 Å². The third-order valence-corrected chi connectivity index (χ3v) is 2.78. The van der Waals surface area contributed by atoms with Gasteiger partial charge in [-0.2, -0.15) is 8.42 Å². The van der Waals surface area contributed by atoms with Crippen molar-refractivity contribution < 1.29 is 12.6 Å². The minimum atomic E-state index is -3.49. The predicted molar refractivity (Wildman–Crippen MR) is 67.5 cm³/mol. The van der Waals surface area contributed by atoms with Gasteiger partial charge < -0.3 is 0 Å². The second-order valence-corrected chi connectivity index (χ2v) is 4.68. The lowest BCUT2D eigenvalue weighted by Crippen LogP contribution is -2.00. The number of hydrogen-bond donors (Lipinski definition) is 0. The van der Waals surface area contributed by atoms with Crippen LogP contribution < -0.4 is 0 Å². The van der Waals surface area contributed by atoms with Crippen molar-refractivity contribution in [3.05, 3.63) is 35.8 Å². The Morgan fingerprint density at radius 1 is 1.06 bits per heavy atom. The van der Waals surface area contributed by atoms with Crippen molar-refractivity contribution in [3.8, 4) is 0 Å². The molecule has 0 N–H and O–H groups in total. The van der Waals surface area contributed by atoms with Crippen LogP contribution in [0.1, 0.15) is 33.1 Å². The summed E-state index contributed by atoms with van der Waals surface area (Å²) in [5.74, 6) is 0. The summed E-state index contributed by atoms with van der Waals surface area (Å²) in [7, 11) is -3.49. The lowest BCUT2D eigenvalue weighted by atomic mass is 10.2. The molecule has 0 rings (SSSR count). The number of rotatable bonds is 8. The van der Waals surface area contributed by atoms with Gasteiger partial charge >= 0.3 is 0 Å². The molecular formula is C12H20O3S. The number of allylic oxidation sites excluding steroid dienone is 5. The van der Waals surface area contributed by atoms with E-state index in [1.807, 2.05) is 6.08 Å². The summed E-state index contributed by atoms with van der Waals surface area (Å²) < 4.78 is 26.6. The van der Waals surface area contributed by atoms with Gasteiger partial charge in [-0.05, 0) is 19.4 Å². The van der Waals surface area contributed by atoms with E-state index in [9.17, 15) is 8.42 Å². The van der Waals surface area contributed by atoms with Crippen molar-refractivity contribution in [3.63, 3.8) is 0 Å². The standard InChI is InChI=1S/C12H20O3S/c1-3-5-6-7-8-9-10-11-12-16(13,14)15-4-2/h7-12H,3-6H2,1-2H3. The van der Waals surface area contributed by atoms with Crippen LogP contribution in [0.4, 0.5) is 0 Å². The number of hydrogen-bond acceptors (Lipinski definition) is 3. The molecule has 92 valence electrons. The molecule has 0 aromatic rings. The Kier molecular flexibility index (Phi) is 8.85. The first kappa shape index (κ1) is 15.1. The van der Waals surface area contributed by atoms with Crippen molar-refractivity contribution in [2.24, 2.45) is 0 Å². The lowest BCUT2D eigenvalue weighted by molar-refractivity contribution is 0.345. The van der Waals surface area contributed by atoms with Gasteiger partial charge in [0.05, 0.1) is 12.0 Å². The molecule has 0 amide bonds. The van der Waals surface area contributed by atoms with Gasteiger partial charge in [0.25, 0.3) is 10.1 Å². The van der Waals surface area contributed by atoms with Gasteiger partial charge in [-0.3, -0.25) is 4.18 Å². The summed E-state index contributed by atoms with van der Waals surface area (Å²) in [5.41, 5.74) is 0. The van der Waals surface area contributed by atoms with E-state index in [0.29, 0.717) is 0 Å². The Morgan fingerprint density at radius 2 is 1.75 bits per heavy atom. The van der Waals surface area contributed by atoms with Crippen LogP contribution in [0.15, 0.2) is 35.8 Å². The molecule has 3 nitrogen and oxygen atoms in total. The van der Waals surface area contributed by atoms with Crippen LogP contribution in [0.2, 0.25) is 0 Å². The highest BCUT2D eigenvalue weighted by atomic mass is 32.2.